The van der Waals surface area contributed by atoms with Gasteiger partial charge in [0, 0.05) is 18.8 Å². The zero-order valence-electron chi connectivity index (χ0n) is 16.5. The number of hydrogen-bond donors (Lipinski definition) is 1. The molecule has 3 heterocycles. The fraction of sp³-hybridized carbons (Fsp3) is 0.273. The predicted molar refractivity (Wildman–Crippen MR) is 116 cm³/mol. The van der Waals surface area contributed by atoms with Gasteiger partial charge in [0.15, 0.2) is 5.82 Å². The average Bonchev–Trinajstić information content (AvgIpc) is 3.10. The first-order chi connectivity index (χ1) is 14.7. The molecule has 1 fully saturated rings. The van der Waals surface area contributed by atoms with Crippen molar-refractivity contribution < 1.29 is 4.79 Å². The van der Waals surface area contributed by atoms with Crippen molar-refractivity contribution in [3.63, 3.8) is 0 Å². The van der Waals surface area contributed by atoms with Gasteiger partial charge in [0.2, 0.25) is 11.6 Å². The number of nitrogens with one attached hydrogen (secondary N) is 1. The van der Waals surface area contributed by atoms with E-state index >= 15 is 0 Å². The van der Waals surface area contributed by atoms with Crippen molar-refractivity contribution in [2.24, 2.45) is 0 Å². The molecule has 0 spiro atoms. The number of benzene rings is 2. The van der Waals surface area contributed by atoms with Crippen LogP contribution in [0.2, 0.25) is 0 Å². The fourth-order valence-electron chi connectivity index (χ4n) is 3.96. The molecule has 2 aromatic heterocycles. The molecular formula is C22H22N6O2. The molecule has 1 aliphatic rings. The number of fused-ring (bicyclic) bond motifs is 3. The fourth-order valence-corrected chi connectivity index (χ4v) is 3.96. The normalized spacial score (nSPS) is 14.3. The number of anilines is 2. The molecule has 0 aliphatic carbocycles. The number of amides is 1. The minimum Gasteiger partial charge on any atom is -0.353 e. The van der Waals surface area contributed by atoms with E-state index in [9.17, 15) is 9.59 Å². The monoisotopic (exact) mass is 402 g/mol. The largest absolute Gasteiger partial charge is 0.353 e. The Balaban J connectivity index is 1.58. The third-order valence-electron chi connectivity index (χ3n) is 5.39. The van der Waals surface area contributed by atoms with E-state index in [0.29, 0.717) is 22.7 Å². The van der Waals surface area contributed by atoms with Crippen LogP contribution in [0.15, 0.2) is 59.4 Å². The van der Waals surface area contributed by atoms with Gasteiger partial charge < -0.3 is 10.2 Å². The summed E-state index contributed by atoms with van der Waals surface area (Å²) in [4.78, 5) is 32.7. The highest BCUT2D eigenvalue weighted by Gasteiger charge is 2.22. The third-order valence-corrected chi connectivity index (χ3v) is 5.39. The first-order valence-electron chi connectivity index (χ1n) is 10.2. The summed E-state index contributed by atoms with van der Waals surface area (Å²) in [6.07, 6.45) is 3.37. The molecule has 152 valence electrons. The summed E-state index contributed by atoms with van der Waals surface area (Å²) >= 11 is 0. The molecule has 8 nitrogen and oxygen atoms in total. The average molecular weight is 402 g/mol. The lowest BCUT2D eigenvalue weighted by Crippen LogP contribution is -2.31. The zero-order chi connectivity index (χ0) is 20.5. The molecule has 1 amide bonds. The molecular weight excluding hydrogens is 380 g/mol. The Morgan fingerprint density at radius 3 is 2.50 bits per heavy atom. The number of carbonyl (C=O) groups is 1. The summed E-state index contributed by atoms with van der Waals surface area (Å²) < 4.78 is 2.79. The Labute approximate surface area is 172 Å². The van der Waals surface area contributed by atoms with E-state index in [1.54, 1.807) is 16.5 Å². The molecule has 0 bridgehead atoms. The number of aromatic nitrogens is 4. The van der Waals surface area contributed by atoms with Gasteiger partial charge in [-0.25, -0.2) is 18.9 Å². The molecule has 5 rings (SSSR count). The first kappa shape index (κ1) is 18.4. The van der Waals surface area contributed by atoms with Gasteiger partial charge in [-0.2, -0.15) is 0 Å². The molecule has 0 radical (unpaired) electrons. The zero-order valence-corrected chi connectivity index (χ0v) is 16.5. The number of carbonyl (C=O) groups excluding carboxylic acids is 1. The van der Waals surface area contributed by atoms with Gasteiger partial charge in [-0.1, -0.05) is 30.3 Å². The SMILES string of the molecule is O=C(Cn1nc2c(N3CCCCC3)nc3ccccc3n2c1=O)Nc1ccccc1. The predicted octanol–water partition coefficient (Wildman–Crippen LogP) is 2.67. The lowest BCUT2D eigenvalue weighted by Gasteiger charge is -2.27. The van der Waals surface area contributed by atoms with Crippen LogP contribution in [0.4, 0.5) is 11.5 Å². The minimum atomic E-state index is -0.343. The van der Waals surface area contributed by atoms with Crippen LogP contribution >= 0.6 is 0 Å². The van der Waals surface area contributed by atoms with Crippen LogP contribution in [-0.2, 0) is 11.3 Å². The Kier molecular flexibility index (Phi) is 4.66. The van der Waals surface area contributed by atoms with Crippen molar-refractivity contribution in [2.75, 3.05) is 23.3 Å². The van der Waals surface area contributed by atoms with Crippen LogP contribution in [0.3, 0.4) is 0 Å². The van der Waals surface area contributed by atoms with Crippen molar-refractivity contribution in [3.8, 4) is 0 Å². The van der Waals surface area contributed by atoms with E-state index in [2.05, 4.69) is 15.3 Å². The van der Waals surface area contributed by atoms with Gasteiger partial charge >= 0.3 is 5.69 Å². The maximum atomic E-state index is 13.2. The summed E-state index contributed by atoms with van der Waals surface area (Å²) in [7, 11) is 0. The quantitative estimate of drug-likeness (QED) is 0.567. The Morgan fingerprint density at radius 1 is 0.967 bits per heavy atom. The molecule has 4 aromatic rings. The molecule has 2 aromatic carbocycles. The minimum absolute atomic E-state index is 0.164. The van der Waals surface area contributed by atoms with Crippen LogP contribution < -0.4 is 15.9 Å². The maximum Gasteiger partial charge on any atom is 0.351 e. The molecule has 0 atom stereocenters. The van der Waals surface area contributed by atoms with Gasteiger partial charge in [0.25, 0.3) is 0 Å². The van der Waals surface area contributed by atoms with Crippen LogP contribution in [0.5, 0.6) is 0 Å². The van der Waals surface area contributed by atoms with E-state index in [-0.39, 0.29) is 18.1 Å². The smallest absolute Gasteiger partial charge is 0.351 e. The number of hydrogen-bond acceptors (Lipinski definition) is 5. The van der Waals surface area contributed by atoms with Crippen molar-refractivity contribution in [2.45, 2.75) is 25.8 Å². The van der Waals surface area contributed by atoms with Crippen molar-refractivity contribution in [1.82, 2.24) is 19.2 Å². The van der Waals surface area contributed by atoms with Gasteiger partial charge in [-0.15, -0.1) is 5.10 Å². The molecule has 8 heteroatoms. The van der Waals surface area contributed by atoms with E-state index < -0.39 is 0 Å². The summed E-state index contributed by atoms with van der Waals surface area (Å²) in [5, 5.41) is 7.32. The highest BCUT2D eigenvalue weighted by molar-refractivity contribution is 5.90. The first-order valence-corrected chi connectivity index (χ1v) is 10.2. The second-order valence-electron chi connectivity index (χ2n) is 7.49. The van der Waals surface area contributed by atoms with E-state index in [1.807, 2.05) is 42.5 Å². The second-order valence-corrected chi connectivity index (χ2v) is 7.49. The number of para-hydroxylation sites is 3. The highest BCUT2D eigenvalue weighted by atomic mass is 16.2. The van der Waals surface area contributed by atoms with Gasteiger partial charge in [-0.05, 0) is 43.5 Å². The lowest BCUT2D eigenvalue weighted by atomic mass is 10.1. The van der Waals surface area contributed by atoms with Gasteiger partial charge in [0.1, 0.15) is 6.54 Å². The van der Waals surface area contributed by atoms with Gasteiger partial charge in [-0.3, -0.25) is 4.79 Å². The Hall–Kier alpha value is -3.68. The molecule has 1 aliphatic heterocycles. The number of nitrogens with zero attached hydrogens (tertiary/aromatic N) is 5. The third kappa shape index (κ3) is 3.30. The van der Waals surface area contributed by atoms with E-state index in [0.717, 1.165) is 31.4 Å². The van der Waals surface area contributed by atoms with Crippen LogP contribution in [-0.4, -0.2) is 38.2 Å². The number of piperidine rings is 1. The standard InChI is InChI=1S/C22H22N6O2/c29-19(23-16-9-3-1-4-10-16)15-27-22(30)28-18-12-6-5-11-17(18)24-20(21(28)25-27)26-13-7-2-8-14-26/h1,3-6,9-12H,2,7-8,13-15H2,(H,23,29). The topological polar surface area (TPSA) is 84.5 Å². The van der Waals surface area contributed by atoms with Crippen LogP contribution in [0, 0.1) is 0 Å². The molecule has 1 saturated heterocycles. The maximum absolute atomic E-state index is 13.2. The van der Waals surface area contributed by atoms with E-state index in [1.165, 1.54) is 11.1 Å². The van der Waals surface area contributed by atoms with Crippen molar-refractivity contribution >= 4 is 34.1 Å². The Morgan fingerprint density at radius 2 is 1.70 bits per heavy atom. The second kappa shape index (κ2) is 7.62. The summed E-state index contributed by atoms with van der Waals surface area (Å²) in [5.41, 5.74) is 2.26. The molecule has 30 heavy (non-hydrogen) atoms. The van der Waals surface area contributed by atoms with Crippen LogP contribution in [0.1, 0.15) is 19.3 Å². The molecule has 0 unspecified atom stereocenters. The number of rotatable bonds is 4. The highest BCUT2D eigenvalue weighted by Crippen LogP contribution is 2.25. The molecule has 0 saturated carbocycles. The summed E-state index contributed by atoms with van der Waals surface area (Å²) in [6, 6.07) is 16.7. The lowest BCUT2D eigenvalue weighted by molar-refractivity contribution is -0.117. The van der Waals surface area contributed by atoms with Crippen LogP contribution in [0.25, 0.3) is 16.7 Å². The Bertz CT molecular complexity index is 1270. The molecule has 1 N–H and O–H groups in total. The van der Waals surface area contributed by atoms with Gasteiger partial charge in [0.05, 0.1) is 11.0 Å². The summed E-state index contributed by atoms with van der Waals surface area (Å²) in [6.45, 7) is 1.61. The van der Waals surface area contributed by atoms with Crippen molar-refractivity contribution in [3.05, 3.63) is 65.1 Å². The van der Waals surface area contributed by atoms with E-state index in [4.69, 9.17) is 4.98 Å². The summed E-state index contributed by atoms with van der Waals surface area (Å²) in [5.74, 6) is 0.399. The van der Waals surface area contributed by atoms with Crippen molar-refractivity contribution in [1.29, 1.82) is 0 Å².